The number of hydrogen-bond donors (Lipinski definition) is 3. The van der Waals surface area contributed by atoms with Gasteiger partial charge in [-0.05, 0) is 12.5 Å². The molecule has 0 aromatic heterocycles. The van der Waals surface area contributed by atoms with Crippen molar-refractivity contribution in [3.05, 3.63) is 35.9 Å². The molecule has 0 amide bonds. The fourth-order valence-corrected chi connectivity index (χ4v) is 1.54. The maximum absolute atomic E-state index is 4.32. The van der Waals surface area contributed by atoms with Crippen molar-refractivity contribution in [3.8, 4) is 0 Å². The molecule has 0 aliphatic carbocycles. The summed E-state index contributed by atoms with van der Waals surface area (Å²) in [6, 6.07) is 10.1. The van der Waals surface area contributed by atoms with E-state index in [-0.39, 0.29) is 0 Å². The molecule has 3 N–H and O–H groups in total. The van der Waals surface area contributed by atoms with E-state index in [2.05, 4.69) is 20.8 Å². The minimum Gasteiger partial charge on any atom is -0.276 e. The van der Waals surface area contributed by atoms with E-state index < -0.39 is 0 Å². The minimum absolute atomic E-state index is 0.890. The summed E-state index contributed by atoms with van der Waals surface area (Å²) in [5.74, 6) is 0.890. The summed E-state index contributed by atoms with van der Waals surface area (Å²) in [6.07, 6.45) is 1.15. The van der Waals surface area contributed by atoms with E-state index in [1.54, 1.807) is 0 Å². The third-order valence-corrected chi connectivity index (χ3v) is 2.48. The van der Waals surface area contributed by atoms with Gasteiger partial charge in [-0.2, -0.15) is 5.43 Å². The van der Waals surface area contributed by atoms with Crippen LogP contribution in [0.4, 0.5) is 0 Å². The minimum atomic E-state index is 0.890. The van der Waals surface area contributed by atoms with Gasteiger partial charge in [-0.25, -0.2) is 0 Å². The van der Waals surface area contributed by atoms with E-state index in [0.29, 0.717) is 0 Å². The van der Waals surface area contributed by atoms with Gasteiger partial charge in [0.2, 0.25) is 0 Å². The summed E-state index contributed by atoms with van der Waals surface area (Å²) in [4.78, 5) is 3.21. The Morgan fingerprint density at radius 1 is 1.38 bits per heavy atom. The average Bonchev–Trinajstić information content (AvgIpc) is 2.38. The molecule has 1 aromatic rings. The lowest BCUT2D eigenvalue weighted by molar-refractivity contribution is -0.466. The number of benzene rings is 1. The molecule has 0 unspecified atom stereocenters. The zero-order valence-corrected chi connectivity index (χ0v) is 9.46. The lowest BCUT2D eigenvalue weighted by Crippen LogP contribution is -2.81. The van der Waals surface area contributed by atoms with Gasteiger partial charge in [-0.1, -0.05) is 30.3 Å². The quantitative estimate of drug-likeness (QED) is 0.459. The molecule has 0 spiro atoms. The molecule has 1 heterocycles. The van der Waals surface area contributed by atoms with E-state index in [1.807, 2.05) is 37.3 Å². The Kier molecular flexibility index (Phi) is 3.53. The van der Waals surface area contributed by atoms with Gasteiger partial charge in [0.15, 0.2) is 0 Å². The summed E-state index contributed by atoms with van der Waals surface area (Å²) >= 11 is 0. The standard InChI is InChI=1S/C12H16N4/c1-10(11-6-3-2-4-7-11)15-16-12-13-8-5-9-14-12/h2-4,6-7H,5,8-9H2,1H3,(H2,13,14,16)/p+1/b15-10-. The Labute approximate surface area is 95.5 Å². The van der Waals surface area contributed by atoms with Gasteiger partial charge in [0.05, 0.1) is 18.8 Å². The van der Waals surface area contributed by atoms with Gasteiger partial charge in [0.25, 0.3) is 0 Å². The Morgan fingerprint density at radius 3 is 2.88 bits per heavy atom. The number of nitrogens with one attached hydrogen (secondary N) is 3. The van der Waals surface area contributed by atoms with Crippen LogP contribution >= 0.6 is 0 Å². The third-order valence-electron chi connectivity index (χ3n) is 2.48. The molecule has 16 heavy (non-hydrogen) atoms. The van der Waals surface area contributed by atoms with Crippen molar-refractivity contribution < 1.29 is 4.99 Å². The van der Waals surface area contributed by atoms with Crippen LogP contribution in [0, 0.1) is 0 Å². The van der Waals surface area contributed by atoms with E-state index in [4.69, 9.17) is 0 Å². The second-order valence-corrected chi connectivity index (χ2v) is 3.76. The summed E-state index contributed by atoms with van der Waals surface area (Å²) in [6.45, 7) is 3.98. The lowest BCUT2D eigenvalue weighted by Gasteiger charge is -2.07. The van der Waals surface area contributed by atoms with Crippen molar-refractivity contribution in [2.45, 2.75) is 13.3 Å². The van der Waals surface area contributed by atoms with Crippen molar-refractivity contribution in [3.63, 3.8) is 0 Å². The molecular weight excluding hydrogens is 200 g/mol. The molecule has 2 rings (SSSR count). The maximum atomic E-state index is 4.32. The Hall–Kier alpha value is -1.84. The van der Waals surface area contributed by atoms with E-state index in [1.165, 1.54) is 0 Å². The highest BCUT2D eigenvalue weighted by molar-refractivity contribution is 5.99. The van der Waals surface area contributed by atoms with Crippen LogP contribution in [0.1, 0.15) is 18.9 Å². The molecule has 1 aliphatic rings. The molecule has 0 saturated heterocycles. The topological polar surface area (TPSA) is 50.4 Å². The fourth-order valence-electron chi connectivity index (χ4n) is 1.54. The monoisotopic (exact) mass is 217 g/mol. The zero-order chi connectivity index (χ0) is 11.2. The Balaban J connectivity index is 1.99. The van der Waals surface area contributed by atoms with Crippen LogP contribution < -0.4 is 15.7 Å². The first-order valence-corrected chi connectivity index (χ1v) is 5.57. The molecule has 0 atom stereocenters. The molecule has 4 nitrogen and oxygen atoms in total. The van der Waals surface area contributed by atoms with Gasteiger partial charge in [-0.3, -0.25) is 10.3 Å². The van der Waals surface area contributed by atoms with E-state index in [9.17, 15) is 0 Å². The van der Waals surface area contributed by atoms with Gasteiger partial charge >= 0.3 is 5.96 Å². The van der Waals surface area contributed by atoms with Crippen molar-refractivity contribution >= 4 is 11.7 Å². The summed E-state index contributed by atoms with van der Waals surface area (Å²) in [5.41, 5.74) is 5.11. The van der Waals surface area contributed by atoms with Crippen LogP contribution in [0.3, 0.4) is 0 Å². The average molecular weight is 217 g/mol. The van der Waals surface area contributed by atoms with Crippen molar-refractivity contribution in [2.24, 2.45) is 5.10 Å². The smallest absolute Gasteiger partial charge is 0.276 e. The van der Waals surface area contributed by atoms with Gasteiger partial charge in [0, 0.05) is 6.42 Å². The number of hydrazone groups is 1. The molecule has 1 aromatic carbocycles. The first-order chi connectivity index (χ1) is 7.86. The van der Waals surface area contributed by atoms with Crippen LogP contribution in [0.15, 0.2) is 35.4 Å². The second kappa shape index (κ2) is 5.30. The maximum Gasteiger partial charge on any atom is 0.367 e. The first kappa shape index (κ1) is 10.7. The van der Waals surface area contributed by atoms with Crippen molar-refractivity contribution in [1.29, 1.82) is 0 Å². The molecule has 84 valence electrons. The number of guanidine groups is 1. The molecule has 4 heteroatoms. The molecule has 0 radical (unpaired) electrons. The predicted molar refractivity (Wildman–Crippen MR) is 65.2 cm³/mol. The number of nitrogens with zero attached hydrogens (tertiary/aromatic N) is 1. The van der Waals surface area contributed by atoms with Crippen molar-refractivity contribution in [1.82, 2.24) is 10.7 Å². The first-order valence-electron chi connectivity index (χ1n) is 5.57. The Bertz CT molecular complexity index is 395. The molecule has 0 fully saturated rings. The van der Waals surface area contributed by atoms with Crippen LogP contribution in [0.2, 0.25) is 0 Å². The highest BCUT2D eigenvalue weighted by Gasteiger charge is 2.08. The van der Waals surface area contributed by atoms with Gasteiger partial charge < -0.3 is 0 Å². The molecular formula is C12H17N4+. The number of hydrogen-bond acceptors (Lipinski definition) is 3. The SMILES string of the molecule is C/C(=N/NC1=[NH+]CCCN1)c1ccccc1. The summed E-state index contributed by atoms with van der Waals surface area (Å²) in [7, 11) is 0. The largest absolute Gasteiger partial charge is 0.367 e. The van der Waals surface area contributed by atoms with Crippen LogP contribution in [0.5, 0.6) is 0 Å². The second-order valence-electron chi connectivity index (χ2n) is 3.76. The molecule has 0 saturated carbocycles. The Morgan fingerprint density at radius 2 is 2.19 bits per heavy atom. The van der Waals surface area contributed by atoms with Crippen molar-refractivity contribution in [2.75, 3.05) is 13.1 Å². The van der Waals surface area contributed by atoms with Gasteiger partial charge in [0.1, 0.15) is 0 Å². The highest BCUT2D eigenvalue weighted by atomic mass is 15.4. The van der Waals surface area contributed by atoms with Crippen LogP contribution in [-0.4, -0.2) is 24.8 Å². The summed E-state index contributed by atoms with van der Waals surface area (Å²) in [5, 5.41) is 7.54. The van der Waals surface area contributed by atoms with Gasteiger partial charge in [-0.15, -0.1) is 5.10 Å². The molecule has 1 aliphatic heterocycles. The third kappa shape index (κ3) is 2.82. The number of rotatable bonds is 2. The highest BCUT2D eigenvalue weighted by Crippen LogP contribution is 1.99. The van der Waals surface area contributed by atoms with Crippen LogP contribution in [-0.2, 0) is 0 Å². The van der Waals surface area contributed by atoms with E-state index in [0.717, 1.165) is 36.7 Å². The molecule has 0 bridgehead atoms. The summed E-state index contributed by atoms with van der Waals surface area (Å²) < 4.78 is 0. The normalized spacial score (nSPS) is 16.3. The van der Waals surface area contributed by atoms with Crippen LogP contribution in [0.25, 0.3) is 0 Å². The zero-order valence-electron chi connectivity index (χ0n) is 9.46. The lowest BCUT2D eigenvalue weighted by atomic mass is 10.1. The fraction of sp³-hybridized carbons (Fsp3) is 0.333. The predicted octanol–water partition coefficient (Wildman–Crippen LogP) is -0.570. The van der Waals surface area contributed by atoms with E-state index >= 15 is 0 Å².